The molecule has 0 radical (unpaired) electrons. The average molecular weight is 355 g/mol. The number of halogens is 2. The van der Waals surface area contributed by atoms with E-state index in [2.05, 4.69) is 34.5 Å². The molecule has 1 N–H and O–H groups in total. The Balaban J connectivity index is 2.63. The Morgan fingerprint density at radius 2 is 1.83 bits per heavy atom. The number of hydrogen-bond acceptors (Lipinski definition) is 2. The van der Waals surface area contributed by atoms with E-state index >= 15 is 0 Å². The molecule has 0 saturated carbocycles. The van der Waals surface area contributed by atoms with E-state index in [1.54, 1.807) is 12.1 Å². The Morgan fingerprint density at radius 1 is 1.28 bits per heavy atom. The van der Waals surface area contributed by atoms with Crippen LogP contribution in [0.5, 0.6) is 0 Å². The Kier molecular flexibility index (Phi) is 6.11. The van der Waals surface area contributed by atoms with Crippen LogP contribution in [0.15, 0.2) is 29.2 Å². The number of alkyl halides is 1. The van der Waals surface area contributed by atoms with Crippen LogP contribution in [-0.2, 0) is 10.0 Å². The van der Waals surface area contributed by atoms with Gasteiger partial charge in [0.15, 0.2) is 0 Å². The lowest BCUT2D eigenvalue weighted by Crippen LogP contribution is -2.30. The normalized spacial score (nSPS) is 13.8. The predicted octanol–water partition coefficient (Wildman–Crippen LogP) is 3.43. The molecule has 3 nitrogen and oxygen atoms in total. The zero-order chi connectivity index (χ0) is 13.8. The van der Waals surface area contributed by atoms with Gasteiger partial charge in [-0.05, 0) is 36.6 Å². The largest absolute Gasteiger partial charge is 0.240 e. The van der Waals surface area contributed by atoms with Gasteiger partial charge in [0.2, 0.25) is 10.0 Å². The monoisotopic (exact) mass is 353 g/mol. The van der Waals surface area contributed by atoms with Gasteiger partial charge >= 0.3 is 0 Å². The van der Waals surface area contributed by atoms with E-state index in [0.29, 0.717) is 17.5 Å². The van der Waals surface area contributed by atoms with Crippen molar-refractivity contribution in [2.24, 2.45) is 5.92 Å². The van der Waals surface area contributed by atoms with Gasteiger partial charge in [-0.1, -0.05) is 41.4 Å². The highest BCUT2D eigenvalue weighted by Crippen LogP contribution is 2.15. The molecule has 0 aliphatic carbocycles. The second-order valence-electron chi connectivity index (χ2n) is 4.53. The summed E-state index contributed by atoms with van der Waals surface area (Å²) in [5.41, 5.74) is 0. The highest BCUT2D eigenvalue weighted by atomic mass is 79.9. The minimum atomic E-state index is -3.45. The van der Waals surface area contributed by atoms with E-state index in [1.165, 1.54) is 12.1 Å². The highest BCUT2D eigenvalue weighted by Gasteiger charge is 2.16. The van der Waals surface area contributed by atoms with Gasteiger partial charge in [0.05, 0.1) is 4.90 Å². The maximum Gasteiger partial charge on any atom is 0.240 e. The lowest BCUT2D eigenvalue weighted by Gasteiger charge is -2.13. The molecule has 18 heavy (non-hydrogen) atoms. The first-order chi connectivity index (χ1) is 8.31. The number of sulfonamides is 1. The fraction of sp³-hybridized carbons (Fsp3) is 0.500. The van der Waals surface area contributed by atoms with Gasteiger partial charge < -0.3 is 0 Å². The fourth-order valence-corrected chi connectivity index (χ4v) is 3.82. The van der Waals surface area contributed by atoms with E-state index in [9.17, 15) is 8.42 Å². The van der Waals surface area contributed by atoms with E-state index in [1.807, 2.05) is 0 Å². The molecule has 0 aliphatic rings. The zero-order valence-electron chi connectivity index (χ0n) is 10.4. The molecule has 1 aromatic carbocycles. The van der Waals surface area contributed by atoms with Crippen molar-refractivity contribution < 1.29 is 8.42 Å². The van der Waals surface area contributed by atoms with Gasteiger partial charge in [-0.3, -0.25) is 0 Å². The lowest BCUT2D eigenvalue weighted by atomic mass is 10.1. The molecule has 0 amide bonds. The van der Waals surface area contributed by atoms with Crippen LogP contribution >= 0.6 is 27.5 Å². The zero-order valence-corrected chi connectivity index (χ0v) is 13.5. The van der Waals surface area contributed by atoms with Crippen molar-refractivity contribution >= 4 is 37.6 Å². The Morgan fingerprint density at radius 3 is 2.33 bits per heavy atom. The smallest absolute Gasteiger partial charge is 0.210 e. The summed E-state index contributed by atoms with van der Waals surface area (Å²) in [5.74, 6) is 0.523. The summed E-state index contributed by atoms with van der Waals surface area (Å²) in [6.07, 6.45) is 0.920. The molecule has 1 rings (SSSR count). The predicted molar refractivity (Wildman–Crippen MR) is 78.8 cm³/mol. The van der Waals surface area contributed by atoms with Crippen molar-refractivity contribution in [2.75, 3.05) is 6.54 Å². The summed E-state index contributed by atoms with van der Waals surface area (Å²) in [4.78, 5) is 0.371. The molecule has 0 spiro atoms. The SMILES string of the molecule is CC(C)CC(Br)CNS(=O)(=O)c1ccc(Cl)cc1. The Labute approximate surface area is 122 Å². The first-order valence-electron chi connectivity index (χ1n) is 5.70. The summed E-state index contributed by atoms with van der Waals surface area (Å²) in [6, 6.07) is 6.12. The molecule has 102 valence electrons. The molecular formula is C12H17BrClNO2S. The van der Waals surface area contributed by atoms with Gasteiger partial charge in [0.25, 0.3) is 0 Å². The van der Waals surface area contributed by atoms with E-state index in [-0.39, 0.29) is 9.72 Å². The van der Waals surface area contributed by atoms with Crippen molar-refractivity contribution in [3.05, 3.63) is 29.3 Å². The Bertz CT molecular complexity index is 473. The minimum Gasteiger partial charge on any atom is -0.210 e. The van der Waals surface area contributed by atoms with Gasteiger partial charge in [0.1, 0.15) is 0 Å². The summed E-state index contributed by atoms with van der Waals surface area (Å²) in [7, 11) is -3.45. The van der Waals surface area contributed by atoms with Crippen LogP contribution in [0.3, 0.4) is 0 Å². The molecule has 0 heterocycles. The molecule has 1 unspecified atom stereocenters. The summed E-state index contributed by atoms with van der Waals surface area (Å²) in [5, 5.41) is 0.520. The molecule has 0 fully saturated rings. The summed E-state index contributed by atoms with van der Waals surface area (Å²) in [6.45, 7) is 4.58. The summed E-state index contributed by atoms with van der Waals surface area (Å²) >= 11 is 9.19. The first kappa shape index (κ1) is 16.0. The van der Waals surface area contributed by atoms with Crippen LogP contribution in [0, 0.1) is 5.92 Å². The molecule has 0 aromatic heterocycles. The quantitative estimate of drug-likeness (QED) is 0.796. The van der Waals surface area contributed by atoms with Crippen LogP contribution in [0.4, 0.5) is 0 Å². The third kappa shape index (κ3) is 5.26. The van der Waals surface area contributed by atoms with E-state index in [0.717, 1.165) is 6.42 Å². The van der Waals surface area contributed by atoms with E-state index in [4.69, 9.17) is 11.6 Å². The van der Waals surface area contributed by atoms with Gasteiger partial charge in [-0.2, -0.15) is 0 Å². The van der Waals surface area contributed by atoms with Crippen molar-refractivity contribution in [3.8, 4) is 0 Å². The van der Waals surface area contributed by atoms with Crippen LogP contribution in [0.25, 0.3) is 0 Å². The van der Waals surface area contributed by atoms with Crippen LogP contribution in [0.2, 0.25) is 5.02 Å². The maximum absolute atomic E-state index is 12.0. The number of hydrogen-bond donors (Lipinski definition) is 1. The van der Waals surface area contributed by atoms with Crippen molar-refractivity contribution in [1.82, 2.24) is 4.72 Å². The highest BCUT2D eigenvalue weighted by molar-refractivity contribution is 9.09. The van der Waals surface area contributed by atoms with Crippen LogP contribution < -0.4 is 4.72 Å². The second kappa shape index (κ2) is 6.89. The van der Waals surface area contributed by atoms with Crippen LogP contribution in [-0.4, -0.2) is 19.8 Å². The standard InChI is InChI=1S/C12H17BrClNO2S/c1-9(2)7-10(13)8-15-18(16,17)12-5-3-11(14)4-6-12/h3-6,9-10,15H,7-8H2,1-2H3. The van der Waals surface area contributed by atoms with Gasteiger partial charge in [0, 0.05) is 16.4 Å². The number of benzene rings is 1. The molecule has 6 heteroatoms. The number of rotatable bonds is 6. The van der Waals surface area contributed by atoms with Crippen LogP contribution in [0.1, 0.15) is 20.3 Å². The van der Waals surface area contributed by atoms with Crippen molar-refractivity contribution in [2.45, 2.75) is 30.0 Å². The average Bonchev–Trinajstić information content (AvgIpc) is 2.26. The van der Waals surface area contributed by atoms with E-state index < -0.39 is 10.0 Å². The second-order valence-corrected chi connectivity index (χ2v) is 8.03. The molecule has 0 aliphatic heterocycles. The Hall–Kier alpha value is -0.100. The minimum absolute atomic E-state index is 0.138. The van der Waals surface area contributed by atoms with Crippen molar-refractivity contribution in [1.29, 1.82) is 0 Å². The summed E-state index contributed by atoms with van der Waals surface area (Å²) < 4.78 is 26.5. The molecule has 1 aromatic rings. The third-order valence-electron chi connectivity index (χ3n) is 2.35. The molecule has 0 bridgehead atoms. The lowest BCUT2D eigenvalue weighted by molar-refractivity contribution is 0.551. The number of nitrogens with one attached hydrogen (secondary N) is 1. The van der Waals surface area contributed by atoms with Gasteiger partial charge in [-0.25, -0.2) is 13.1 Å². The van der Waals surface area contributed by atoms with Crippen molar-refractivity contribution in [3.63, 3.8) is 0 Å². The fourth-order valence-electron chi connectivity index (χ4n) is 1.49. The van der Waals surface area contributed by atoms with Gasteiger partial charge in [-0.15, -0.1) is 0 Å². The topological polar surface area (TPSA) is 46.2 Å². The first-order valence-corrected chi connectivity index (χ1v) is 8.48. The maximum atomic E-state index is 12.0. The third-order valence-corrected chi connectivity index (χ3v) is 4.73. The molecule has 0 saturated heterocycles. The molecule has 1 atom stereocenters. The molecular weight excluding hydrogens is 338 g/mol.